The van der Waals surface area contributed by atoms with Gasteiger partial charge < -0.3 is 5.11 Å². The van der Waals surface area contributed by atoms with Gasteiger partial charge in [0.25, 0.3) is 0 Å². The smallest absolute Gasteiger partial charge is 0.159 e. The van der Waals surface area contributed by atoms with Crippen molar-refractivity contribution in [1.82, 2.24) is 0 Å². The van der Waals surface area contributed by atoms with Crippen LogP contribution in [0.4, 0.5) is 0 Å². The van der Waals surface area contributed by atoms with Gasteiger partial charge in [0.2, 0.25) is 0 Å². The van der Waals surface area contributed by atoms with E-state index in [1.165, 1.54) is 0 Å². The molecular formula is C12H14O2. The van der Waals surface area contributed by atoms with Crippen LogP contribution in [0.3, 0.4) is 0 Å². The molecule has 0 fully saturated rings. The van der Waals surface area contributed by atoms with Crippen molar-refractivity contribution >= 4 is 11.9 Å². The first-order valence-electron chi connectivity index (χ1n) is 4.57. The van der Waals surface area contributed by atoms with Gasteiger partial charge in [-0.2, -0.15) is 0 Å². The monoisotopic (exact) mass is 190 g/mol. The second-order valence-corrected chi connectivity index (χ2v) is 3.28. The van der Waals surface area contributed by atoms with Gasteiger partial charge in [-0.1, -0.05) is 36.4 Å². The van der Waals surface area contributed by atoms with Crippen LogP contribution in [-0.4, -0.2) is 17.0 Å². The minimum Gasteiger partial charge on any atom is -0.389 e. The molecule has 2 heteroatoms. The van der Waals surface area contributed by atoms with Crippen molar-refractivity contribution in [2.45, 2.75) is 20.0 Å². The Morgan fingerprint density at radius 1 is 1.36 bits per heavy atom. The zero-order valence-corrected chi connectivity index (χ0v) is 8.40. The number of benzene rings is 1. The number of ketones is 1. The summed E-state index contributed by atoms with van der Waals surface area (Å²) in [5.74, 6) is 0.0658. The number of carbonyl (C=O) groups is 1. The van der Waals surface area contributed by atoms with E-state index in [2.05, 4.69) is 0 Å². The first kappa shape index (κ1) is 10.7. The van der Waals surface area contributed by atoms with Crippen LogP contribution in [0.2, 0.25) is 0 Å². The molecular weight excluding hydrogens is 176 g/mol. The Kier molecular flexibility index (Phi) is 3.60. The van der Waals surface area contributed by atoms with Gasteiger partial charge in [0.1, 0.15) is 0 Å². The maximum absolute atomic E-state index is 11.0. The summed E-state index contributed by atoms with van der Waals surface area (Å²) in [7, 11) is 0. The molecule has 0 amide bonds. The number of aliphatic hydroxyl groups is 1. The second kappa shape index (κ2) is 4.72. The SMILES string of the molecule is CC(=O)c1ccc(/C=C/[C@H](C)O)cc1. The summed E-state index contributed by atoms with van der Waals surface area (Å²) in [6.07, 6.45) is 3.08. The molecule has 1 aromatic rings. The lowest BCUT2D eigenvalue weighted by molar-refractivity contribution is 0.101. The molecule has 0 saturated carbocycles. The summed E-state index contributed by atoms with van der Waals surface area (Å²) in [6.45, 7) is 3.24. The Labute approximate surface area is 83.9 Å². The van der Waals surface area contributed by atoms with Gasteiger partial charge in [0, 0.05) is 5.56 Å². The molecule has 1 rings (SSSR count). The van der Waals surface area contributed by atoms with Crippen LogP contribution < -0.4 is 0 Å². The van der Waals surface area contributed by atoms with Crippen molar-refractivity contribution in [3.63, 3.8) is 0 Å². The molecule has 1 atom stereocenters. The molecule has 0 aliphatic heterocycles. The summed E-state index contributed by atoms with van der Waals surface area (Å²) in [5.41, 5.74) is 1.69. The minimum absolute atomic E-state index is 0.0658. The van der Waals surface area contributed by atoms with Crippen LogP contribution in [0.25, 0.3) is 6.08 Å². The van der Waals surface area contributed by atoms with Crippen LogP contribution in [0, 0.1) is 0 Å². The van der Waals surface area contributed by atoms with E-state index in [0.29, 0.717) is 5.56 Å². The molecule has 0 heterocycles. The largest absolute Gasteiger partial charge is 0.389 e. The topological polar surface area (TPSA) is 37.3 Å². The first-order chi connectivity index (χ1) is 6.59. The Balaban J connectivity index is 2.78. The standard InChI is InChI=1S/C12H14O2/c1-9(13)3-4-11-5-7-12(8-6-11)10(2)14/h3-9,13H,1-2H3/b4-3+/t9-/m0/s1. The number of hydrogen-bond acceptors (Lipinski definition) is 2. The van der Waals surface area contributed by atoms with Crippen molar-refractivity contribution in [3.8, 4) is 0 Å². The fraction of sp³-hybridized carbons (Fsp3) is 0.250. The van der Waals surface area contributed by atoms with Gasteiger partial charge >= 0.3 is 0 Å². The average molecular weight is 190 g/mol. The molecule has 14 heavy (non-hydrogen) atoms. The molecule has 0 bridgehead atoms. The van der Waals surface area contributed by atoms with Gasteiger partial charge in [-0.05, 0) is 19.4 Å². The van der Waals surface area contributed by atoms with E-state index in [1.807, 2.05) is 18.2 Å². The van der Waals surface area contributed by atoms with Crippen LogP contribution in [0.1, 0.15) is 29.8 Å². The fourth-order valence-electron chi connectivity index (χ4n) is 1.08. The molecule has 0 saturated heterocycles. The van der Waals surface area contributed by atoms with E-state index in [-0.39, 0.29) is 5.78 Å². The van der Waals surface area contributed by atoms with E-state index >= 15 is 0 Å². The highest BCUT2D eigenvalue weighted by atomic mass is 16.3. The summed E-state index contributed by atoms with van der Waals surface area (Å²) >= 11 is 0. The van der Waals surface area contributed by atoms with E-state index in [0.717, 1.165) is 5.56 Å². The van der Waals surface area contributed by atoms with E-state index in [9.17, 15) is 4.79 Å². The maximum Gasteiger partial charge on any atom is 0.159 e. The third kappa shape index (κ3) is 3.15. The van der Waals surface area contributed by atoms with Gasteiger partial charge in [-0.3, -0.25) is 4.79 Å². The summed E-state index contributed by atoms with van der Waals surface area (Å²) in [6, 6.07) is 7.28. The van der Waals surface area contributed by atoms with Crippen LogP contribution in [0.5, 0.6) is 0 Å². The maximum atomic E-state index is 11.0. The zero-order valence-electron chi connectivity index (χ0n) is 8.40. The lowest BCUT2D eigenvalue weighted by Gasteiger charge is -1.97. The van der Waals surface area contributed by atoms with Crippen LogP contribution >= 0.6 is 0 Å². The van der Waals surface area contributed by atoms with Crippen molar-refractivity contribution in [2.75, 3.05) is 0 Å². The normalized spacial score (nSPS) is 13.1. The number of carbonyl (C=O) groups excluding carboxylic acids is 1. The van der Waals surface area contributed by atoms with Crippen molar-refractivity contribution in [1.29, 1.82) is 0 Å². The zero-order chi connectivity index (χ0) is 10.6. The molecule has 74 valence electrons. The van der Waals surface area contributed by atoms with Gasteiger partial charge in [-0.15, -0.1) is 0 Å². The Morgan fingerprint density at radius 3 is 2.36 bits per heavy atom. The summed E-state index contributed by atoms with van der Waals surface area (Å²) in [5, 5.41) is 9.02. The van der Waals surface area contributed by atoms with Crippen LogP contribution in [0.15, 0.2) is 30.3 Å². The van der Waals surface area contributed by atoms with Crippen LogP contribution in [-0.2, 0) is 0 Å². The van der Waals surface area contributed by atoms with Crippen molar-refractivity contribution < 1.29 is 9.90 Å². The van der Waals surface area contributed by atoms with Crippen molar-refractivity contribution in [3.05, 3.63) is 41.5 Å². The molecule has 0 aromatic heterocycles. The van der Waals surface area contributed by atoms with Gasteiger partial charge in [-0.25, -0.2) is 0 Å². The number of aliphatic hydroxyl groups excluding tert-OH is 1. The van der Waals surface area contributed by atoms with E-state index < -0.39 is 6.10 Å². The van der Waals surface area contributed by atoms with Gasteiger partial charge in [0.05, 0.1) is 6.10 Å². The van der Waals surface area contributed by atoms with E-state index in [4.69, 9.17) is 5.11 Å². The first-order valence-corrected chi connectivity index (χ1v) is 4.57. The highest BCUT2D eigenvalue weighted by molar-refractivity contribution is 5.94. The number of rotatable bonds is 3. The second-order valence-electron chi connectivity index (χ2n) is 3.28. The van der Waals surface area contributed by atoms with Gasteiger partial charge in [0.15, 0.2) is 5.78 Å². The minimum atomic E-state index is -0.442. The predicted molar refractivity (Wildman–Crippen MR) is 57.2 cm³/mol. The highest BCUT2D eigenvalue weighted by Gasteiger charge is 1.96. The molecule has 0 aliphatic rings. The van der Waals surface area contributed by atoms with Crippen molar-refractivity contribution in [2.24, 2.45) is 0 Å². The molecule has 2 nitrogen and oxygen atoms in total. The molecule has 0 spiro atoms. The average Bonchev–Trinajstić information content (AvgIpc) is 2.15. The molecule has 0 radical (unpaired) electrons. The molecule has 0 unspecified atom stereocenters. The molecule has 1 N–H and O–H groups in total. The Bertz CT molecular complexity index is 334. The summed E-state index contributed by atoms with van der Waals surface area (Å²) < 4.78 is 0. The number of hydrogen-bond donors (Lipinski definition) is 1. The molecule has 1 aromatic carbocycles. The lowest BCUT2D eigenvalue weighted by Crippen LogP contribution is -1.92. The summed E-state index contributed by atoms with van der Waals surface area (Å²) in [4.78, 5) is 11.0. The fourth-order valence-corrected chi connectivity index (χ4v) is 1.08. The quantitative estimate of drug-likeness (QED) is 0.742. The third-order valence-corrected chi connectivity index (χ3v) is 1.88. The predicted octanol–water partition coefficient (Wildman–Crippen LogP) is 2.28. The Hall–Kier alpha value is -1.41. The lowest BCUT2D eigenvalue weighted by atomic mass is 10.1. The Morgan fingerprint density at radius 2 is 1.93 bits per heavy atom. The third-order valence-electron chi connectivity index (χ3n) is 1.88. The number of Topliss-reactive ketones (excluding diaryl/α,β-unsaturated/α-hetero) is 1. The highest BCUT2D eigenvalue weighted by Crippen LogP contribution is 2.07. The van der Waals surface area contributed by atoms with E-state index in [1.54, 1.807) is 32.1 Å². The molecule has 0 aliphatic carbocycles.